The van der Waals surface area contributed by atoms with Gasteiger partial charge in [0.1, 0.15) is 0 Å². The predicted molar refractivity (Wildman–Crippen MR) is 77.3 cm³/mol. The molecule has 0 aromatic carbocycles. The summed E-state index contributed by atoms with van der Waals surface area (Å²) in [6, 6.07) is 1.38. The van der Waals surface area contributed by atoms with Crippen LogP contribution in [0, 0.1) is 5.92 Å². The van der Waals surface area contributed by atoms with Crippen molar-refractivity contribution in [3.8, 4) is 0 Å². The van der Waals surface area contributed by atoms with E-state index in [1.54, 1.807) is 0 Å². The van der Waals surface area contributed by atoms with Crippen LogP contribution < -0.4 is 10.6 Å². The number of aliphatic hydroxyl groups excluding tert-OH is 1. The monoisotopic (exact) mass is 270 g/mol. The fourth-order valence-corrected chi connectivity index (χ4v) is 3.62. The molecule has 1 aliphatic carbocycles. The minimum absolute atomic E-state index is 0.123. The highest BCUT2D eigenvalue weighted by Crippen LogP contribution is 2.30. The Kier molecular flexibility index (Phi) is 7.14. The van der Waals surface area contributed by atoms with E-state index in [2.05, 4.69) is 10.6 Å². The number of rotatable bonds is 7. The summed E-state index contributed by atoms with van der Waals surface area (Å²) >= 11 is 0. The first-order chi connectivity index (χ1) is 9.42. The molecule has 19 heavy (non-hydrogen) atoms. The van der Waals surface area contributed by atoms with Gasteiger partial charge in [-0.2, -0.15) is 0 Å². The molecule has 4 nitrogen and oxygen atoms in total. The van der Waals surface area contributed by atoms with E-state index in [-0.39, 0.29) is 6.61 Å². The van der Waals surface area contributed by atoms with E-state index in [1.165, 1.54) is 51.5 Å². The average Bonchev–Trinajstić information content (AvgIpc) is 2.48. The fourth-order valence-electron chi connectivity index (χ4n) is 3.62. The topological polar surface area (TPSA) is 53.5 Å². The number of hydrogen-bond acceptors (Lipinski definition) is 4. The summed E-state index contributed by atoms with van der Waals surface area (Å²) in [6.45, 7) is 3.40. The van der Waals surface area contributed by atoms with Crippen LogP contribution in [-0.4, -0.2) is 50.1 Å². The quantitative estimate of drug-likeness (QED) is 0.610. The zero-order chi connectivity index (χ0) is 13.3. The third-order valence-corrected chi connectivity index (χ3v) is 4.57. The van der Waals surface area contributed by atoms with Crippen LogP contribution >= 0.6 is 0 Å². The van der Waals surface area contributed by atoms with Crippen LogP contribution in [-0.2, 0) is 4.74 Å². The van der Waals surface area contributed by atoms with E-state index < -0.39 is 0 Å². The van der Waals surface area contributed by atoms with Crippen LogP contribution in [0.15, 0.2) is 0 Å². The Morgan fingerprint density at radius 3 is 2.68 bits per heavy atom. The first-order valence-electron chi connectivity index (χ1n) is 8.07. The van der Waals surface area contributed by atoms with E-state index in [0.717, 1.165) is 18.5 Å². The summed E-state index contributed by atoms with van der Waals surface area (Å²) in [5.41, 5.74) is 0. The SMILES string of the molecule is OCCOCCNC1CCCCC1C1CCCCN1. The van der Waals surface area contributed by atoms with E-state index in [4.69, 9.17) is 9.84 Å². The smallest absolute Gasteiger partial charge is 0.0698 e. The average molecular weight is 270 g/mol. The maximum absolute atomic E-state index is 8.67. The molecule has 1 saturated carbocycles. The molecule has 0 bridgehead atoms. The number of piperidine rings is 1. The molecule has 2 fully saturated rings. The highest BCUT2D eigenvalue weighted by Gasteiger charge is 2.31. The Hall–Kier alpha value is -0.160. The first kappa shape index (κ1) is 15.2. The number of nitrogens with one attached hydrogen (secondary N) is 2. The molecule has 2 rings (SSSR count). The van der Waals surface area contributed by atoms with Gasteiger partial charge in [-0.1, -0.05) is 19.3 Å². The van der Waals surface area contributed by atoms with Gasteiger partial charge in [-0.25, -0.2) is 0 Å². The van der Waals surface area contributed by atoms with Crippen molar-refractivity contribution in [3.05, 3.63) is 0 Å². The van der Waals surface area contributed by atoms with Gasteiger partial charge >= 0.3 is 0 Å². The van der Waals surface area contributed by atoms with Gasteiger partial charge in [-0.3, -0.25) is 0 Å². The van der Waals surface area contributed by atoms with E-state index >= 15 is 0 Å². The number of ether oxygens (including phenoxy) is 1. The second-order valence-electron chi connectivity index (χ2n) is 5.90. The van der Waals surface area contributed by atoms with Crippen LogP contribution in [0.3, 0.4) is 0 Å². The fraction of sp³-hybridized carbons (Fsp3) is 1.00. The van der Waals surface area contributed by atoms with Crippen LogP contribution in [0.1, 0.15) is 44.9 Å². The van der Waals surface area contributed by atoms with Crippen molar-refractivity contribution in [1.82, 2.24) is 10.6 Å². The molecule has 1 heterocycles. The minimum atomic E-state index is 0.123. The summed E-state index contributed by atoms with van der Waals surface area (Å²) in [5, 5.41) is 16.1. The van der Waals surface area contributed by atoms with Gasteiger partial charge in [0.15, 0.2) is 0 Å². The van der Waals surface area contributed by atoms with Crippen molar-refractivity contribution in [3.63, 3.8) is 0 Å². The van der Waals surface area contributed by atoms with Gasteiger partial charge in [0.2, 0.25) is 0 Å². The van der Waals surface area contributed by atoms with Gasteiger partial charge in [0, 0.05) is 18.6 Å². The third kappa shape index (κ3) is 5.03. The molecule has 4 heteroatoms. The van der Waals surface area contributed by atoms with Gasteiger partial charge in [-0.05, 0) is 38.1 Å². The van der Waals surface area contributed by atoms with Crippen molar-refractivity contribution in [2.45, 2.75) is 57.0 Å². The number of aliphatic hydroxyl groups is 1. The molecule has 3 N–H and O–H groups in total. The zero-order valence-corrected chi connectivity index (χ0v) is 12.1. The third-order valence-electron chi connectivity index (χ3n) is 4.57. The van der Waals surface area contributed by atoms with E-state index in [1.807, 2.05) is 0 Å². The Labute approximate surface area is 117 Å². The lowest BCUT2D eigenvalue weighted by Crippen LogP contribution is -2.51. The molecular formula is C15H30N2O2. The van der Waals surface area contributed by atoms with Crippen molar-refractivity contribution in [2.75, 3.05) is 32.9 Å². The molecule has 1 saturated heterocycles. The maximum atomic E-state index is 8.67. The lowest BCUT2D eigenvalue weighted by atomic mass is 9.77. The Morgan fingerprint density at radius 1 is 1.05 bits per heavy atom. The maximum Gasteiger partial charge on any atom is 0.0698 e. The Balaban J connectivity index is 1.72. The zero-order valence-electron chi connectivity index (χ0n) is 12.1. The molecule has 112 valence electrons. The normalized spacial score (nSPS) is 32.4. The predicted octanol–water partition coefficient (Wildman–Crippen LogP) is 1.29. The standard InChI is InChI=1S/C15H30N2O2/c18-10-12-19-11-9-17-15-6-2-1-5-13(15)14-7-3-4-8-16-14/h13-18H,1-12H2. The second kappa shape index (κ2) is 8.90. The molecule has 0 aromatic heterocycles. The summed E-state index contributed by atoms with van der Waals surface area (Å²) in [5.74, 6) is 0.798. The molecule has 3 atom stereocenters. The molecule has 0 radical (unpaired) electrons. The van der Waals surface area contributed by atoms with Crippen LogP contribution in [0.25, 0.3) is 0 Å². The summed E-state index contributed by atoms with van der Waals surface area (Å²) < 4.78 is 5.33. The first-order valence-corrected chi connectivity index (χ1v) is 8.07. The molecular weight excluding hydrogens is 240 g/mol. The van der Waals surface area contributed by atoms with Crippen molar-refractivity contribution >= 4 is 0 Å². The largest absolute Gasteiger partial charge is 0.394 e. The lowest BCUT2D eigenvalue weighted by Gasteiger charge is -2.40. The molecule has 1 aliphatic heterocycles. The van der Waals surface area contributed by atoms with Crippen molar-refractivity contribution in [1.29, 1.82) is 0 Å². The number of hydrogen-bond donors (Lipinski definition) is 3. The molecule has 3 unspecified atom stereocenters. The molecule has 0 amide bonds. The summed E-state index contributed by atoms with van der Waals surface area (Å²) in [6.07, 6.45) is 9.51. The van der Waals surface area contributed by atoms with Crippen molar-refractivity contribution in [2.24, 2.45) is 5.92 Å². The van der Waals surface area contributed by atoms with E-state index in [9.17, 15) is 0 Å². The van der Waals surface area contributed by atoms with Gasteiger partial charge in [-0.15, -0.1) is 0 Å². The van der Waals surface area contributed by atoms with Gasteiger partial charge < -0.3 is 20.5 Å². The van der Waals surface area contributed by atoms with Crippen LogP contribution in [0.4, 0.5) is 0 Å². The van der Waals surface area contributed by atoms with Crippen LogP contribution in [0.5, 0.6) is 0 Å². The lowest BCUT2D eigenvalue weighted by molar-refractivity contribution is 0.0878. The Morgan fingerprint density at radius 2 is 1.89 bits per heavy atom. The highest BCUT2D eigenvalue weighted by molar-refractivity contribution is 4.90. The minimum Gasteiger partial charge on any atom is -0.394 e. The molecule has 2 aliphatic rings. The summed E-state index contributed by atoms with van der Waals surface area (Å²) in [7, 11) is 0. The Bertz CT molecular complexity index is 232. The molecule has 0 spiro atoms. The van der Waals surface area contributed by atoms with Crippen molar-refractivity contribution < 1.29 is 9.84 Å². The molecule has 0 aromatic rings. The van der Waals surface area contributed by atoms with Gasteiger partial charge in [0.05, 0.1) is 19.8 Å². The van der Waals surface area contributed by atoms with E-state index in [0.29, 0.717) is 19.3 Å². The summed E-state index contributed by atoms with van der Waals surface area (Å²) in [4.78, 5) is 0. The van der Waals surface area contributed by atoms with Gasteiger partial charge in [0.25, 0.3) is 0 Å². The highest BCUT2D eigenvalue weighted by atomic mass is 16.5. The van der Waals surface area contributed by atoms with Crippen LogP contribution in [0.2, 0.25) is 0 Å². The second-order valence-corrected chi connectivity index (χ2v) is 5.90.